The van der Waals surface area contributed by atoms with E-state index in [0.717, 1.165) is 12.6 Å². The van der Waals surface area contributed by atoms with Gasteiger partial charge in [-0.15, -0.1) is 0 Å². The molecule has 0 aliphatic carbocycles. The highest BCUT2D eigenvalue weighted by Crippen LogP contribution is 2.31. The van der Waals surface area contributed by atoms with Gasteiger partial charge in [-0.05, 0) is 12.5 Å². The molecule has 5 heteroatoms. The monoisotopic (exact) mass is 205 g/mol. The van der Waals surface area contributed by atoms with Crippen molar-refractivity contribution in [2.45, 2.75) is 25.9 Å². The molecule has 0 atom stereocenters. The maximum Gasteiger partial charge on any atom is 0.418 e. The average Bonchev–Trinajstić information content (AvgIpc) is 2.07. The second-order valence-corrected chi connectivity index (χ2v) is 2.94. The van der Waals surface area contributed by atoms with Crippen LogP contribution in [0.5, 0.6) is 5.75 Å². The third-order valence-electron chi connectivity index (χ3n) is 1.76. The van der Waals surface area contributed by atoms with Gasteiger partial charge in [0.15, 0.2) is 0 Å². The predicted octanol–water partition coefficient (Wildman–Crippen LogP) is 2.76. The minimum Gasteiger partial charge on any atom is -0.506 e. The Hall–Kier alpha value is -1.26. The Morgan fingerprint density at radius 2 is 2.07 bits per heavy atom. The van der Waals surface area contributed by atoms with Crippen molar-refractivity contribution in [3.63, 3.8) is 0 Å². The second kappa shape index (κ2) is 3.86. The molecule has 0 bridgehead atoms. The largest absolute Gasteiger partial charge is 0.506 e. The van der Waals surface area contributed by atoms with Crippen molar-refractivity contribution in [3.8, 4) is 5.75 Å². The molecule has 0 radical (unpaired) electrons. The van der Waals surface area contributed by atoms with Gasteiger partial charge in [-0.3, -0.25) is 4.98 Å². The maximum atomic E-state index is 12.1. The molecule has 78 valence electrons. The number of aromatic hydroxyl groups is 1. The topological polar surface area (TPSA) is 33.1 Å². The SMILES string of the molecule is CCCc1ncc(C(F)(F)F)cc1O. The predicted molar refractivity (Wildman–Crippen MR) is 44.9 cm³/mol. The van der Waals surface area contributed by atoms with Crippen LogP contribution < -0.4 is 0 Å². The van der Waals surface area contributed by atoms with E-state index in [9.17, 15) is 18.3 Å². The average molecular weight is 205 g/mol. The summed E-state index contributed by atoms with van der Waals surface area (Å²) < 4.78 is 36.4. The van der Waals surface area contributed by atoms with Crippen molar-refractivity contribution in [1.29, 1.82) is 0 Å². The molecule has 0 saturated carbocycles. The molecule has 0 fully saturated rings. The highest BCUT2D eigenvalue weighted by Gasteiger charge is 2.31. The summed E-state index contributed by atoms with van der Waals surface area (Å²) in [6.07, 6.45) is -2.50. The molecule has 0 aliphatic rings. The summed E-state index contributed by atoms with van der Waals surface area (Å²) in [6.45, 7) is 1.86. The zero-order valence-corrected chi connectivity index (χ0v) is 7.60. The zero-order chi connectivity index (χ0) is 10.8. The quantitative estimate of drug-likeness (QED) is 0.805. The maximum absolute atomic E-state index is 12.1. The first-order valence-corrected chi connectivity index (χ1v) is 4.20. The number of hydrogen-bond donors (Lipinski definition) is 1. The van der Waals surface area contributed by atoms with Crippen LogP contribution in [0.15, 0.2) is 12.3 Å². The first-order valence-electron chi connectivity index (χ1n) is 4.20. The van der Waals surface area contributed by atoms with Crippen molar-refractivity contribution < 1.29 is 18.3 Å². The molecule has 0 unspecified atom stereocenters. The van der Waals surface area contributed by atoms with Crippen LogP contribution in [0, 0.1) is 0 Å². The van der Waals surface area contributed by atoms with Gasteiger partial charge in [0.25, 0.3) is 0 Å². The van der Waals surface area contributed by atoms with Crippen LogP contribution in [0.1, 0.15) is 24.6 Å². The minimum atomic E-state index is -4.45. The van der Waals surface area contributed by atoms with Crippen molar-refractivity contribution in [1.82, 2.24) is 4.98 Å². The molecule has 1 heterocycles. The normalized spacial score (nSPS) is 11.7. The van der Waals surface area contributed by atoms with Crippen LogP contribution in [0.4, 0.5) is 13.2 Å². The van der Waals surface area contributed by atoms with Gasteiger partial charge in [-0.1, -0.05) is 13.3 Å². The summed E-state index contributed by atoms with van der Waals surface area (Å²) in [7, 11) is 0. The van der Waals surface area contributed by atoms with Crippen LogP contribution in [0.3, 0.4) is 0 Å². The van der Waals surface area contributed by atoms with Gasteiger partial charge in [0, 0.05) is 6.20 Å². The number of alkyl halides is 3. The van der Waals surface area contributed by atoms with Crippen LogP contribution >= 0.6 is 0 Å². The first-order chi connectivity index (χ1) is 6.45. The zero-order valence-electron chi connectivity index (χ0n) is 7.60. The third-order valence-corrected chi connectivity index (χ3v) is 1.76. The van der Waals surface area contributed by atoms with Gasteiger partial charge < -0.3 is 5.11 Å². The lowest BCUT2D eigenvalue weighted by atomic mass is 10.2. The van der Waals surface area contributed by atoms with Gasteiger partial charge in [0.05, 0.1) is 11.3 Å². The molecule has 0 amide bonds. The van der Waals surface area contributed by atoms with Crippen molar-refractivity contribution in [3.05, 3.63) is 23.5 Å². The fourth-order valence-electron chi connectivity index (χ4n) is 1.07. The van der Waals surface area contributed by atoms with Crippen LogP contribution in [0.2, 0.25) is 0 Å². The number of aromatic nitrogens is 1. The Labute approximate surface area is 79.4 Å². The van der Waals surface area contributed by atoms with E-state index in [0.29, 0.717) is 18.2 Å². The summed E-state index contributed by atoms with van der Waals surface area (Å²) in [5.74, 6) is -0.387. The molecular weight excluding hydrogens is 195 g/mol. The van der Waals surface area contributed by atoms with Crippen LogP contribution in [-0.4, -0.2) is 10.1 Å². The molecule has 0 spiro atoms. The fourth-order valence-corrected chi connectivity index (χ4v) is 1.07. The third kappa shape index (κ3) is 2.37. The molecule has 0 saturated heterocycles. The highest BCUT2D eigenvalue weighted by molar-refractivity contribution is 5.31. The summed E-state index contributed by atoms with van der Waals surface area (Å²) in [4.78, 5) is 3.56. The molecule has 14 heavy (non-hydrogen) atoms. The Morgan fingerprint density at radius 3 is 2.50 bits per heavy atom. The minimum absolute atomic E-state index is 0.306. The molecule has 1 aromatic heterocycles. The fraction of sp³-hybridized carbons (Fsp3) is 0.444. The lowest BCUT2D eigenvalue weighted by Crippen LogP contribution is -2.06. The Kier molecular flexibility index (Phi) is 2.98. The van der Waals surface area contributed by atoms with Crippen LogP contribution in [0.25, 0.3) is 0 Å². The van der Waals surface area contributed by atoms with E-state index < -0.39 is 11.7 Å². The van der Waals surface area contributed by atoms with E-state index in [4.69, 9.17) is 0 Å². The summed E-state index contributed by atoms with van der Waals surface area (Å²) >= 11 is 0. The van der Waals surface area contributed by atoms with E-state index in [1.54, 1.807) is 0 Å². The van der Waals surface area contributed by atoms with Gasteiger partial charge in [-0.2, -0.15) is 13.2 Å². The van der Waals surface area contributed by atoms with Crippen molar-refractivity contribution >= 4 is 0 Å². The number of pyridine rings is 1. The lowest BCUT2D eigenvalue weighted by Gasteiger charge is -2.08. The van der Waals surface area contributed by atoms with E-state index >= 15 is 0 Å². The second-order valence-electron chi connectivity index (χ2n) is 2.94. The molecule has 0 aromatic carbocycles. The number of aryl methyl sites for hydroxylation is 1. The Balaban J connectivity index is 3.01. The number of nitrogens with zero attached hydrogens (tertiary/aromatic N) is 1. The van der Waals surface area contributed by atoms with Gasteiger partial charge in [-0.25, -0.2) is 0 Å². The van der Waals surface area contributed by atoms with E-state index in [1.807, 2.05) is 6.92 Å². The van der Waals surface area contributed by atoms with Gasteiger partial charge in [0.2, 0.25) is 0 Å². The van der Waals surface area contributed by atoms with E-state index in [2.05, 4.69) is 4.98 Å². The summed E-state index contributed by atoms with van der Waals surface area (Å²) in [5, 5.41) is 9.22. The van der Waals surface area contributed by atoms with Gasteiger partial charge >= 0.3 is 6.18 Å². The Morgan fingerprint density at radius 1 is 1.43 bits per heavy atom. The molecule has 0 aliphatic heterocycles. The summed E-state index contributed by atoms with van der Waals surface area (Å²) in [5.41, 5.74) is -0.615. The molecule has 1 N–H and O–H groups in total. The highest BCUT2D eigenvalue weighted by atomic mass is 19.4. The van der Waals surface area contributed by atoms with Crippen LogP contribution in [-0.2, 0) is 12.6 Å². The number of halogens is 3. The molecular formula is C9H10F3NO. The lowest BCUT2D eigenvalue weighted by molar-refractivity contribution is -0.138. The molecule has 2 nitrogen and oxygen atoms in total. The first kappa shape index (κ1) is 10.8. The van der Waals surface area contributed by atoms with Crippen molar-refractivity contribution in [2.75, 3.05) is 0 Å². The summed E-state index contributed by atoms with van der Waals surface area (Å²) in [6, 6.07) is 0.706. The smallest absolute Gasteiger partial charge is 0.418 e. The standard InChI is InChI=1S/C9H10F3NO/c1-2-3-7-8(14)4-6(5-13-7)9(10,11)12/h4-5,14H,2-3H2,1H3. The molecule has 1 aromatic rings. The van der Waals surface area contributed by atoms with E-state index in [1.165, 1.54) is 0 Å². The number of hydrogen-bond acceptors (Lipinski definition) is 2. The molecule has 1 rings (SSSR count). The van der Waals surface area contributed by atoms with Gasteiger partial charge in [0.1, 0.15) is 5.75 Å². The number of rotatable bonds is 2. The van der Waals surface area contributed by atoms with E-state index in [-0.39, 0.29) is 5.75 Å². The van der Waals surface area contributed by atoms with Crippen molar-refractivity contribution in [2.24, 2.45) is 0 Å². The Bertz CT molecular complexity index is 322.